The number of ether oxygens (including phenoxy) is 4. The quantitative estimate of drug-likeness (QED) is 0.0975. The first kappa shape index (κ1) is 40.6. The Morgan fingerprint density at radius 2 is 0.857 bits per heavy atom. The molecule has 2 saturated carbocycles. The van der Waals surface area contributed by atoms with Crippen molar-refractivity contribution < 1.29 is 38.1 Å². The van der Waals surface area contributed by atoms with Crippen molar-refractivity contribution in [2.24, 2.45) is 23.7 Å². The molecule has 1 heterocycles. The number of nitriles is 2. The van der Waals surface area contributed by atoms with Gasteiger partial charge >= 0.3 is 23.9 Å². The SMILES string of the molecule is CCCc1ccc(OC(=O)[C@H]2CC[C@H](C(=O)Oc3ccc(OC(=O)[C@H]4CC[C@H](C(=O)Oc5ccc(CCC)cc5)CC4)c4c3SC(=C(C#N)C#N)S4)CC2)cc1. The lowest BCUT2D eigenvalue weighted by Gasteiger charge is -2.26. The normalized spacial score (nSPS) is 20.1. The molecule has 0 atom stereocenters. The predicted octanol–water partition coefficient (Wildman–Crippen LogP) is 9.68. The summed E-state index contributed by atoms with van der Waals surface area (Å²) < 4.78 is 23.5. The van der Waals surface area contributed by atoms with Crippen LogP contribution in [-0.4, -0.2) is 23.9 Å². The van der Waals surface area contributed by atoms with Crippen molar-refractivity contribution in [1.29, 1.82) is 10.5 Å². The van der Waals surface area contributed by atoms with E-state index in [2.05, 4.69) is 13.8 Å². The molecule has 2 fully saturated rings. The van der Waals surface area contributed by atoms with Crippen LogP contribution in [-0.2, 0) is 32.0 Å². The van der Waals surface area contributed by atoms with Crippen LogP contribution in [0.25, 0.3) is 0 Å². The van der Waals surface area contributed by atoms with Crippen molar-refractivity contribution in [1.82, 2.24) is 0 Å². The highest BCUT2D eigenvalue weighted by Crippen LogP contribution is 2.59. The summed E-state index contributed by atoms with van der Waals surface area (Å²) in [7, 11) is 0. The lowest BCUT2D eigenvalue weighted by molar-refractivity contribution is -0.145. The van der Waals surface area contributed by atoms with E-state index in [1.165, 1.54) is 11.1 Å². The number of allylic oxidation sites excluding steroid dienone is 1. The van der Waals surface area contributed by atoms with Gasteiger partial charge in [0.15, 0.2) is 0 Å². The minimum Gasteiger partial charge on any atom is -0.426 e. The van der Waals surface area contributed by atoms with Gasteiger partial charge in [-0.1, -0.05) is 74.5 Å². The van der Waals surface area contributed by atoms with Crippen molar-refractivity contribution in [3.63, 3.8) is 0 Å². The van der Waals surface area contributed by atoms with Crippen LogP contribution in [0.1, 0.15) is 89.2 Å². The first-order chi connectivity index (χ1) is 27.2. The third-order valence-electron chi connectivity index (χ3n) is 10.4. The molecule has 3 aromatic rings. The highest BCUT2D eigenvalue weighted by Gasteiger charge is 2.36. The Hall–Kier alpha value is -5.04. The summed E-state index contributed by atoms with van der Waals surface area (Å²) >= 11 is 2.24. The van der Waals surface area contributed by atoms with Crippen LogP contribution >= 0.6 is 23.5 Å². The van der Waals surface area contributed by atoms with Crippen LogP contribution in [0.3, 0.4) is 0 Å². The zero-order valence-corrected chi connectivity index (χ0v) is 33.2. The molecule has 0 amide bonds. The van der Waals surface area contributed by atoms with Crippen molar-refractivity contribution in [2.45, 2.75) is 101 Å². The van der Waals surface area contributed by atoms with E-state index in [-0.39, 0.29) is 40.8 Å². The Balaban J connectivity index is 1.05. The highest BCUT2D eigenvalue weighted by molar-refractivity contribution is 8.24. The van der Waals surface area contributed by atoms with E-state index in [4.69, 9.17) is 18.9 Å². The summed E-state index contributed by atoms with van der Waals surface area (Å²) in [6.45, 7) is 4.22. The van der Waals surface area contributed by atoms with Gasteiger partial charge in [-0.3, -0.25) is 19.2 Å². The zero-order valence-electron chi connectivity index (χ0n) is 31.5. The Kier molecular flexibility index (Phi) is 13.9. The van der Waals surface area contributed by atoms with E-state index in [0.29, 0.717) is 76.9 Å². The fourth-order valence-corrected chi connectivity index (χ4v) is 9.72. The van der Waals surface area contributed by atoms with Crippen LogP contribution in [0.15, 0.2) is 80.3 Å². The number of nitrogens with zero attached hydrogens (tertiary/aromatic N) is 2. The van der Waals surface area contributed by atoms with Crippen molar-refractivity contribution in [2.75, 3.05) is 0 Å². The number of carbonyl (C=O) groups excluding carboxylic acids is 4. The summed E-state index contributed by atoms with van der Waals surface area (Å²) in [6.07, 6.45) is 7.77. The zero-order chi connectivity index (χ0) is 39.6. The molecule has 0 aromatic heterocycles. The molecule has 0 N–H and O–H groups in total. The van der Waals surface area contributed by atoms with Crippen LogP contribution in [0.4, 0.5) is 0 Å². The number of esters is 4. The second kappa shape index (κ2) is 19.2. The number of fused-ring (bicyclic) bond motifs is 1. The minimum atomic E-state index is -0.442. The van der Waals surface area contributed by atoms with Gasteiger partial charge in [0.2, 0.25) is 0 Å². The second-order valence-electron chi connectivity index (χ2n) is 14.4. The molecular formula is C44H44N2O8S2. The molecular weight excluding hydrogens is 749 g/mol. The molecule has 12 heteroatoms. The van der Waals surface area contributed by atoms with Gasteiger partial charge in [0.05, 0.1) is 37.7 Å². The van der Waals surface area contributed by atoms with Gasteiger partial charge in [0.1, 0.15) is 40.7 Å². The molecule has 1 aliphatic heterocycles. The molecule has 0 unspecified atom stereocenters. The molecule has 0 bridgehead atoms. The largest absolute Gasteiger partial charge is 0.426 e. The Morgan fingerprint density at radius 3 is 1.16 bits per heavy atom. The van der Waals surface area contributed by atoms with Crippen LogP contribution in [0, 0.1) is 46.3 Å². The van der Waals surface area contributed by atoms with Gasteiger partial charge in [-0.25, -0.2) is 0 Å². The average Bonchev–Trinajstić information content (AvgIpc) is 3.67. The van der Waals surface area contributed by atoms with E-state index >= 15 is 0 Å². The number of thioether (sulfide) groups is 2. The molecule has 3 aromatic carbocycles. The maximum atomic E-state index is 13.4. The molecule has 56 heavy (non-hydrogen) atoms. The van der Waals surface area contributed by atoms with Gasteiger partial charge in [-0.05, 0) is 112 Å². The summed E-state index contributed by atoms with van der Waals surface area (Å²) in [5.74, 6) is -1.50. The standard InChI is InChI=1S/C44H44N2O8S2/c1-3-5-27-7-19-34(20-8-27)51-40(47)29-11-15-31(16-12-29)42(49)53-36-23-24-37(39-38(36)55-44(56-39)33(25-45)26-46)54-43(50)32-17-13-30(14-18-32)41(48)52-35-21-9-28(6-4-2)10-22-35/h7-10,19-24,29-32H,3-6,11-18H2,1-2H3/t29-,30-,31-,32-. The Bertz CT molecular complexity index is 1910. The van der Waals surface area contributed by atoms with Gasteiger partial charge in [0, 0.05) is 0 Å². The minimum absolute atomic E-state index is 0.102. The lowest BCUT2D eigenvalue weighted by Crippen LogP contribution is -2.30. The Labute approximate surface area is 335 Å². The second-order valence-corrected chi connectivity index (χ2v) is 16.7. The third-order valence-corrected chi connectivity index (χ3v) is 13.1. The van der Waals surface area contributed by atoms with Gasteiger partial charge < -0.3 is 18.9 Å². The number of carbonyl (C=O) groups is 4. The third kappa shape index (κ3) is 10.0. The summed E-state index contributed by atoms with van der Waals surface area (Å²) in [5.41, 5.74) is 2.27. The number of hydrogen-bond acceptors (Lipinski definition) is 12. The molecule has 0 spiro atoms. The molecule has 2 aliphatic carbocycles. The van der Waals surface area contributed by atoms with Crippen molar-refractivity contribution in [3.05, 3.63) is 81.6 Å². The number of hydrogen-bond donors (Lipinski definition) is 0. The topological polar surface area (TPSA) is 153 Å². The smallest absolute Gasteiger partial charge is 0.314 e. The summed E-state index contributed by atoms with van der Waals surface area (Å²) in [6, 6.07) is 22.0. The fourth-order valence-electron chi connectivity index (χ4n) is 7.24. The van der Waals surface area contributed by atoms with E-state index in [0.717, 1.165) is 49.2 Å². The van der Waals surface area contributed by atoms with Gasteiger partial charge in [-0.15, -0.1) is 0 Å². The average molecular weight is 793 g/mol. The van der Waals surface area contributed by atoms with E-state index < -0.39 is 23.8 Å². The number of benzene rings is 3. The maximum Gasteiger partial charge on any atom is 0.314 e. The molecule has 290 valence electrons. The van der Waals surface area contributed by atoms with E-state index in [1.807, 2.05) is 60.7 Å². The number of aryl methyl sites for hydroxylation is 2. The van der Waals surface area contributed by atoms with Gasteiger partial charge in [0.25, 0.3) is 0 Å². The van der Waals surface area contributed by atoms with Crippen LogP contribution in [0.2, 0.25) is 0 Å². The number of rotatable bonds is 12. The van der Waals surface area contributed by atoms with Crippen LogP contribution < -0.4 is 18.9 Å². The molecule has 6 rings (SSSR count). The lowest BCUT2D eigenvalue weighted by atomic mass is 9.82. The van der Waals surface area contributed by atoms with Crippen molar-refractivity contribution >= 4 is 47.4 Å². The summed E-state index contributed by atoms with van der Waals surface area (Å²) in [4.78, 5) is 53.6. The fraction of sp³-hybridized carbons (Fsp3) is 0.409. The molecule has 0 radical (unpaired) electrons. The van der Waals surface area contributed by atoms with Crippen LogP contribution in [0.5, 0.6) is 23.0 Å². The summed E-state index contributed by atoms with van der Waals surface area (Å²) in [5, 5.41) is 19.2. The maximum absolute atomic E-state index is 13.4. The van der Waals surface area contributed by atoms with Crippen molar-refractivity contribution in [3.8, 4) is 35.1 Å². The first-order valence-corrected chi connectivity index (χ1v) is 20.9. The molecule has 0 saturated heterocycles. The predicted molar refractivity (Wildman–Crippen MR) is 211 cm³/mol. The first-order valence-electron chi connectivity index (χ1n) is 19.3. The Morgan fingerprint density at radius 1 is 0.536 bits per heavy atom. The van der Waals surface area contributed by atoms with Gasteiger partial charge in [-0.2, -0.15) is 10.5 Å². The highest BCUT2D eigenvalue weighted by atomic mass is 32.2. The molecule has 10 nitrogen and oxygen atoms in total. The van der Waals surface area contributed by atoms with E-state index in [1.54, 1.807) is 12.1 Å². The molecule has 3 aliphatic rings. The van der Waals surface area contributed by atoms with E-state index in [9.17, 15) is 29.7 Å². The monoisotopic (exact) mass is 792 g/mol.